The zero-order valence-electron chi connectivity index (χ0n) is 20.1. The molecule has 2 N–H and O–H groups in total. The molecule has 3 aliphatic heterocycles. The van der Waals surface area contributed by atoms with Gasteiger partial charge >= 0.3 is 17.9 Å². The van der Waals surface area contributed by atoms with E-state index >= 15 is 0 Å². The van der Waals surface area contributed by atoms with Crippen LogP contribution < -0.4 is 0 Å². The van der Waals surface area contributed by atoms with E-state index in [-0.39, 0.29) is 6.42 Å². The SMILES string of the molecule is C=C1CC[C@H]2O[C@]3([C@@H](C)C(=O)O[C@H]3[C@H]1Cl)[C@@H](OC(C)=O)[C@H]1[C@](C)(O)[C@H](O)C[C@H](OC(C)=O)[C@]21C. The Balaban J connectivity index is 2.00. The van der Waals surface area contributed by atoms with Crippen LogP contribution in [-0.4, -0.2) is 75.2 Å². The number of hydrogen-bond acceptors (Lipinski definition) is 9. The van der Waals surface area contributed by atoms with Crippen molar-refractivity contribution in [3.05, 3.63) is 12.2 Å². The highest BCUT2D eigenvalue weighted by Crippen LogP contribution is 2.63. The number of hydrogen-bond donors (Lipinski definition) is 2. The third-order valence-corrected chi connectivity index (χ3v) is 9.13. The number of fused-ring (bicyclic) bond motifs is 3. The monoisotopic (exact) mass is 500 g/mol. The molecule has 4 rings (SSSR count). The Hall–Kier alpha value is -1.68. The van der Waals surface area contributed by atoms with E-state index in [0.717, 1.165) is 0 Å². The second kappa shape index (κ2) is 8.18. The minimum atomic E-state index is -1.78. The second-order valence-corrected chi connectivity index (χ2v) is 11.1. The molecule has 0 amide bonds. The minimum absolute atomic E-state index is 0.0350. The number of aliphatic hydroxyl groups is 2. The molecule has 1 spiro atoms. The van der Waals surface area contributed by atoms with Gasteiger partial charge in [0, 0.05) is 31.6 Å². The summed E-state index contributed by atoms with van der Waals surface area (Å²) in [6, 6.07) is 0. The van der Waals surface area contributed by atoms with Crippen molar-refractivity contribution >= 4 is 29.5 Å². The smallest absolute Gasteiger partial charge is 0.312 e. The summed E-state index contributed by atoms with van der Waals surface area (Å²) in [5.41, 5.74) is -3.78. The summed E-state index contributed by atoms with van der Waals surface area (Å²) in [5, 5.41) is 21.9. The van der Waals surface area contributed by atoms with Gasteiger partial charge in [0.05, 0.1) is 29.1 Å². The number of carbonyl (C=O) groups is 3. The molecule has 0 aromatic rings. The van der Waals surface area contributed by atoms with Crippen LogP contribution in [0, 0.1) is 17.3 Å². The summed E-state index contributed by atoms with van der Waals surface area (Å²) in [6.45, 7) is 11.5. The average Bonchev–Trinajstić information content (AvgIpc) is 2.96. The molecular weight excluding hydrogens is 468 g/mol. The molecule has 0 aromatic heterocycles. The molecule has 34 heavy (non-hydrogen) atoms. The van der Waals surface area contributed by atoms with Crippen molar-refractivity contribution in [1.82, 2.24) is 0 Å². The zero-order chi connectivity index (χ0) is 25.4. The van der Waals surface area contributed by atoms with Gasteiger partial charge in [0.1, 0.15) is 12.2 Å². The Morgan fingerprint density at radius 2 is 1.82 bits per heavy atom. The first-order chi connectivity index (χ1) is 15.7. The van der Waals surface area contributed by atoms with Crippen LogP contribution in [0.4, 0.5) is 0 Å². The van der Waals surface area contributed by atoms with Gasteiger partial charge in [0.2, 0.25) is 0 Å². The maximum atomic E-state index is 12.9. The van der Waals surface area contributed by atoms with E-state index in [1.165, 1.54) is 20.8 Å². The van der Waals surface area contributed by atoms with Crippen LogP contribution in [0.1, 0.15) is 53.9 Å². The highest BCUT2D eigenvalue weighted by atomic mass is 35.5. The Kier molecular flexibility index (Phi) is 6.12. The van der Waals surface area contributed by atoms with E-state index in [4.69, 9.17) is 30.5 Å². The number of carbonyl (C=O) groups excluding carboxylic acids is 3. The van der Waals surface area contributed by atoms with Gasteiger partial charge in [-0.25, -0.2) is 0 Å². The number of rotatable bonds is 2. The van der Waals surface area contributed by atoms with Gasteiger partial charge in [-0.05, 0) is 26.7 Å². The van der Waals surface area contributed by atoms with Crippen molar-refractivity contribution in [3.8, 4) is 0 Å². The lowest BCUT2D eigenvalue weighted by atomic mass is 9.49. The Morgan fingerprint density at radius 3 is 2.41 bits per heavy atom. The molecule has 1 saturated carbocycles. The molecule has 3 saturated heterocycles. The molecule has 9 nitrogen and oxygen atoms in total. The van der Waals surface area contributed by atoms with Crippen molar-refractivity contribution in [3.63, 3.8) is 0 Å². The zero-order valence-corrected chi connectivity index (χ0v) is 20.8. The molecule has 0 radical (unpaired) electrons. The Labute approximate surface area is 203 Å². The van der Waals surface area contributed by atoms with Gasteiger partial charge < -0.3 is 29.2 Å². The Morgan fingerprint density at radius 1 is 1.21 bits per heavy atom. The first kappa shape index (κ1) is 25.4. The molecule has 2 bridgehead atoms. The van der Waals surface area contributed by atoms with Crippen molar-refractivity contribution in [2.24, 2.45) is 17.3 Å². The highest BCUT2D eigenvalue weighted by Gasteiger charge is 2.78. The summed E-state index contributed by atoms with van der Waals surface area (Å²) >= 11 is 6.75. The largest absolute Gasteiger partial charge is 0.462 e. The fraction of sp³-hybridized carbons (Fsp3) is 0.792. The van der Waals surface area contributed by atoms with E-state index in [2.05, 4.69) is 6.58 Å². The second-order valence-electron chi connectivity index (χ2n) is 10.6. The molecule has 10 heteroatoms. The van der Waals surface area contributed by atoms with Crippen LogP contribution in [0.2, 0.25) is 0 Å². The van der Waals surface area contributed by atoms with Gasteiger partial charge in [-0.15, -0.1) is 11.6 Å². The van der Waals surface area contributed by atoms with Gasteiger partial charge in [-0.3, -0.25) is 14.4 Å². The summed E-state index contributed by atoms with van der Waals surface area (Å²) in [5.74, 6) is -3.67. The van der Waals surface area contributed by atoms with Gasteiger partial charge in [0.15, 0.2) is 11.7 Å². The molecule has 0 unspecified atom stereocenters. The summed E-state index contributed by atoms with van der Waals surface area (Å²) < 4.78 is 24.0. The van der Waals surface area contributed by atoms with E-state index in [0.29, 0.717) is 18.4 Å². The number of ether oxygens (including phenoxy) is 4. The molecule has 190 valence electrons. The molecular formula is C24H33ClO9. The maximum Gasteiger partial charge on any atom is 0.312 e. The predicted octanol–water partition coefficient (Wildman–Crippen LogP) is 1.64. The molecule has 1 aliphatic carbocycles. The fourth-order valence-electron chi connectivity index (χ4n) is 6.84. The van der Waals surface area contributed by atoms with Crippen LogP contribution in [0.3, 0.4) is 0 Å². The number of alkyl halides is 1. The third-order valence-electron chi connectivity index (χ3n) is 8.60. The van der Waals surface area contributed by atoms with Crippen LogP contribution >= 0.6 is 11.6 Å². The molecule has 0 aromatic carbocycles. The topological polar surface area (TPSA) is 129 Å². The van der Waals surface area contributed by atoms with Crippen LogP contribution in [-0.2, 0) is 33.3 Å². The standard InChI is InChI=1S/C24H33ClO9/c1-10-7-8-15-22(5)16(31-12(3)26)9-14(28)23(6,30)18(22)20(32-13(4)27)24(34-15)11(2)21(29)33-19(24)17(10)25/h11,14-20,28,30H,1,7-9H2,2-6H3/t11-,14+,15+,16-,17-,18+,19-,20-,22-,23+,24-/m0/s1. The summed E-state index contributed by atoms with van der Waals surface area (Å²) in [7, 11) is 0. The average molecular weight is 501 g/mol. The van der Waals surface area contributed by atoms with Crippen molar-refractivity contribution in [1.29, 1.82) is 0 Å². The third kappa shape index (κ3) is 3.34. The number of aliphatic hydroxyl groups excluding tert-OH is 1. The lowest BCUT2D eigenvalue weighted by molar-refractivity contribution is -0.355. The molecule has 4 aliphatic rings. The number of halogens is 1. The van der Waals surface area contributed by atoms with E-state index in [1.54, 1.807) is 13.8 Å². The van der Waals surface area contributed by atoms with Gasteiger partial charge in [-0.2, -0.15) is 0 Å². The van der Waals surface area contributed by atoms with E-state index < -0.39 is 82.3 Å². The van der Waals surface area contributed by atoms with Crippen molar-refractivity contribution < 1.29 is 43.5 Å². The van der Waals surface area contributed by atoms with E-state index in [9.17, 15) is 24.6 Å². The van der Waals surface area contributed by atoms with Crippen molar-refractivity contribution in [2.75, 3.05) is 0 Å². The predicted molar refractivity (Wildman–Crippen MR) is 119 cm³/mol. The fourth-order valence-corrected chi connectivity index (χ4v) is 7.20. The first-order valence-corrected chi connectivity index (χ1v) is 12.1. The lowest BCUT2D eigenvalue weighted by Crippen LogP contribution is -2.79. The highest BCUT2D eigenvalue weighted by molar-refractivity contribution is 6.23. The molecule has 11 atom stereocenters. The van der Waals surface area contributed by atoms with Crippen LogP contribution in [0.25, 0.3) is 0 Å². The Bertz CT molecular complexity index is 918. The number of esters is 3. The normalized spacial score (nSPS) is 50.2. The van der Waals surface area contributed by atoms with Crippen LogP contribution in [0.15, 0.2) is 12.2 Å². The first-order valence-electron chi connectivity index (χ1n) is 11.6. The summed E-state index contributed by atoms with van der Waals surface area (Å²) in [6.07, 6.45) is -4.29. The van der Waals surface area contributed by atoms with Gasteiger partial charge in [0.25, 0.3) is 0 Å². The van der Waals surface area contributed by atoms with Crippen molar-refractivity contribution in [2.45, 2.75) is 101 Å². The lowest BCUT2D eigenvalue weighted by Gasteiger charge is -2.66. The maximum absolute atomic E-state index is 12.9. The van der Waals surface area contributed by atoms with E-state index in [1.807, 2.05) is 0 Å². The minimum Gasteiger partial charge on any atom is -0.462 e. The van der Waals surface area contributed by atoms with Crippen LogP contribution in [0.5, 0.6) is 0 Å². The molecule has 4 fully saturated rings. The quantitative estimate of drug-likeness (QED) is 0.251. The molecule has 3 heterocycles. The van der Waals surface area contributed by atoms with Gasteiger partial charge in [-0.1, -0.05) is 19.1 Å². The summed E-state index contributed by atoms with van der Waals surface area (Å²) in [4.78, 5) is 37.3.